The smallest absolute Gasteiger partial charge is 0.272 e. The zero-order chi connectivity index (χ0) is 19.7. The summed E-state index contributed by atoms with van der Waals surface area (Å²) in [6.07, 6.45) is 4.62. The Morgan fingerprint density at radius 1 is 1.21 bits per heavy atom. The fourth-order valence-corrected chi connectivity index (χ4v) is 3.18. The van der Waals surface area contributed by atoms with Crippen LogP contribution in [0.15, 0.2) is 41.6 Å². The third kappa shape index (κ3) is 3.45. The first-order valence-corrected chi connectivity index (χ1v) is 9.33. The van der Waals surface area contributed by atoms with E-state index in [1.807, 2.05) is 23.6 Å². The van der Waals surface area contributed by atoms with Crippen molar-refractivity contribution in [1.29, 1.82) is 5.26 Å². The number of nitriles is 1. The van der Waals surface area contributed by atoms with Gasteiger partial charge in [0.05, 0.1) is 41.1 Å². The van der Waals surface area contributed by atoms with Crippen molar-refractivity contribution >= 4 is 28.3 Å². The first kappa shape index (κ1) is 17.8. The molecule has 0 aliphatic heterocycles. The van der Waals surface area contributed by atoms with E-state index in [-0.39, 0.29) is 5.69 Å². The van der Waals surface area contributed by atoms with Crippen LogP contribution >= 0.6 is 11.3 Å². The van der Waals surface area contributed by atoms with Gasteiger partial charge in [-0.05, 0) is 26.0 Å². The molecule has 1 amide bonds. The second-order valence-corrected chi connectivity index (χ2v) is 7.42. The van der Waals surface area contributed by atoms with E-state index >= 15 is 0 Å². The van der Waals surface area contributed by atoms with Gasteiger partial charge in [-0.15, -0.1) is 11.3 Å². The Kier molecular flexibility index (Phi) is 4.33. The molecule has 0 saturated heterocycles. The molecule has 0 fully saturated rings. The average Bonchev–Trinajstić information content (AvgIpc) is 3.36. The van der Waals surface area contributed by atoms with E-state index in [1.54, 1.807) is 31.8 Å². The Hall–Kier alpha value is -3.64. The third-order valence-electron chi connectivity index (χ3n) is 4.05. The molecule has 9 heteroatoms. The Bertz CT molecular complexity index is 1200. The number of H-pyrrole nitrogens is 1. The molecule has 4 heterocycles. The van der Waals surface area contributed by atoms with Crippen molar-refractivity contribution in [3.8, 4) is 28.7 Å². The van der Waals surface area contributed by atoms with Crippen LogP contribution in [0.1, 0.15) is 24.3 Å². The zero-order valence-electron chi connectivity index (χ0n) is 15.1. The number of fused-ring (bicyclic) bond motifs is 1. The number of rotatable bonds is 4. The standard InChI is InChI=1S/C19H15N7OS/c1-19(2,9-20)26-18(27)15-7-21-6-14(24-15)12-3-11-4-13(16-8-28-10-23-16)25-17(11)22-5-12/h3-8,10H,1-2H3,(H,22,25)(H,26,27). The monoisotopic (exact) mass is 389 g/mol. The van der Waals surface area contributed by atoms with Gasteiger partial charge in [0, 0.05) is 22.5 Å². The van der Waals surface area contributed by atoms with Crippen molar-refractivity contribution in [2.24, 2.45) is 0 Å². The second kappa shape index (κ2) is 6.83. The van der Waals surface area contributed by atoms with Crippen molar-refractivity contribution in [2.75, 3.05) is 0 Å². The number of thiazole rings is 1. The summed E-state index contributed by atoms with van der Waals surface area (Å²) in [6, 6.07) is 5.93. The van der Waals surface area contributed by atoms with Gasteiger partial charge in [-0.3, -0.25) is 9.78 Å². The van der Waals surface area contributed by atoms with Crippen molar-refractivity contribution in [3.05, 3.63) is 47.3 Å². The largest absolute Gasteiger partial charge is 0.338 e. The van der Waals surface area contributed by atoms with Crippen LogP contribution in [0, 0.1) is 11.3 Å². The third-order valence-corrected chi connectivity index (χ3v) is 4.63. The lowest BCUT2D eigenvalue weighted by molar-refractivity contribution is 0.0924. The zero-order valence-corrected chi connectivity index (χ0v) is 15.9. The number of hydrogen-bond acceptors (Lipinski definition) is 7. The molecular formula is C19H15N7OS. The van der Waals surface area contributed by atoms with Gasteiger partial charge in [0.25, 0.3) is 5.91 Å². The van der Waals surface area contributed by atoms with Crippen molar-refractivity contribution in [3.63, 3.8) is 0 Å². The number of pyridine rings is 1. The maximum absolute atomic E-state index is 12.4. The van der Waals surface area contributed by atoms with Gasteiger partial charge in [0.15, 0.2) is 0 Å². The summed E-state index contributed by atoms with van der Waals surface area (Å²) in [5.74, 6) is -0.456. The SMILES string of the molecule is CC(C)(C#N)NC(=O)c1cncc(-c2cnc3[nH]c(-c4cscn4)cc3c2)n1. The molecule has 8 nitrogen and oxygen atoms in total. The summed E-state index contributed by atoms with van der Waals surface area (Å²) < 4.78 is 0. The number of nitrogens with one attached hydrogen (secondary N) is 2. The Labute approximate surface area is 164 Å². The van der Waals surface area contributed by atoms with Crippen molar-refractivity contribution in [1.82, 2.24) is 30.2 Å². The van der Waals surface area contributed by atoms with Gasteiger partial charge in [0.2, 0.25) is 0 Å². The number of aromatic nitrogens is 5. The number of amides is 1. The van der Waals surface area contributed by atoms with Gasteiger partial charge in [-0.1, -0.05) is 0 Å². The molecule has 0 aromatic carbocycles. The van der Waals surface area contributed by atoms with Crippen LogP contribution in [0.5, 0.6) is 0 Å². The summed E-state index contributed by atoms with van der Waals surface area (Å²) in [5, 5.41) is 14.6. The highest BCUT2D eigenvalue weighted by atomic mass is 32.1. The highest BCUT2D eigenvalue weighted by Gasteiger charge is 2.21. The quantitative estimate of drug-likeness (QED) is 0.553. The van der Waals surface area contributed by atoms with Crippen LogP contribution < -0.4 is 5.32 Å². The molecule has 4 aromatic rings. The lowest BCUT2D eigenvalue weighted by Crippen LogP contribution is -2.42. The van der Waals surface area contributed by atoms with Crippen LogP contribution in [-0.2, 0) is 0 Å². The summed E-state index contributed by atoms with van der Waals surface area (Å²) in [6.45, 7) is 3.23. The van der Waals surface area contributed by atoms with E-state index in [9.17, 15) is 4.79 Å². The molecule has 2 N–H and O–H groups in total. The van der Waals surface area contributed by atoms with Gasteiger partial charge in [-0.25, -0.2) is 15.0 Å². The number of carbonyl (C=O) groups is 1. The van der Waals surface area contributed by atoms with Gasteiger partial charge in [-0.2, -0.15) is 5.26 Å². The molecule has 0 atom stereocenters. The molecule has 28 heavy (non-hydrogen) atoms. The van der Waals surface area contributed by atoms with Gasteiger partial charge >= 0.3 is 0 Å². The molecule has 0 bridgehead atoms. The summed E-state index contributed by atoms with van der Waals surface area (Å²) >= 11 is 1.53. The second-order valence-electron chi connectivity index (χ2n) is 6.70. The lowest BCUT2D eigenvalue weighted by atomic mass is 10.1. The Morgan fingerprint density at radius 3 is 2.82 bits per heavy atom. The van der Waals surface area contributed by atoms with Crippen LogP contribution in [0.4, 0.5) is 0 Å². The van der Waals surface area contributed by atoms with Crippen LogP contribution in [0.25, 0.3) is 33.7 Å². The highest BCUT2D eigenvalue weighted by molar-refractivity contribution is 7.07. The maximum Gasteiger partial charge on any atom is 0.272 e. The predicted octanol–water partition coefficient (Wildman–Crippen LogP) is 3.18. The molecule has 0 aliphatic rings. The van der Waals surface area contributed by atoms with Gasteiger partial charge in [0.1, 0.15) is 16.9 Å². The minimum absolute atomic E-state index is 0.137. The molecular weight excluding hydrogens is 374 g/mol. The minimum atomic E-state index is -0.994. The molecule has 4 rings (SSSR count). The van der Waals surface area contributed by atoms with E-state index in [1.165, 1.54) is 17.5 Å². The fourth-order valence-electron chi connectivity index (χ4n) is 2.63. The van der Waals surface area contributed by atoms with E-state index < -0.39 is 11.4 Å². The normalized spacial score (nSPS) is 11.3. The van der Waals surface area contributed by atoms with Crippen LogP contribution in [0.3, 0.4) is 0 Å². The molecule has 0 spiro atoms. The van der Waals surface area contributed by atoms with Gasteiger partial charge < -0.3 is 10.3 Å². The Balaban J connectivity index is 1.66. The number of nitrogens with zero attached hydrogens (tertiary/aromatic N) is 5. The summed E-state index contributed by atoms with van der Waals surface area (Å²) in [5.41, 5.74) is 4.67. The van der Waals surface area contributed by atoms with Crippen LogP contribution in [-0.4, -0.2) is 36.4 Å². The minimum Gasteiger partial charge on any atom is -0.338 e. The van der Waals surface area contributed by atoms with E-state index in [0.717, 1.165) is 28.0 Å². The molecule has 138 valence electrons. The maximum atomic E-state index is 12.4. The molecule has 0 unspecified atom stereocenters. The van der Waals surface area contributed by atoms with E-state index in [2.05, 4.69) is 30.2 Å². The first-order chi connectivity index (χ1) is 13.4. The first-order valence-electron chi connectivity index (χ1n) is 8.39. The summed E-state index contributed by atoms with van der Waals surface area (Å²) in [4.78, 5) is 32.8. The molecule has 0 radical (unpaired) electrons. The predicted molar refractivity (Wildman–Crippen MR) is 105 cm³/mol. The topological polar surface area (TPSA) is 120 Å². The van der Waals surface area contributed by atoms with Crippen LogP contribution in [0.2, 0.25) is 0 Å². The lowest BCUT2D eigenvalue weighted by Gasteiger charge is -2.16. The summed E-state index contributed by atoms with van der Waals surface area (Å²) in [7, 11) is 0. The molecule has 0 saturated carbocycles. The highest BCUT2D eigenvalue weighted by Crippen LogP contribution is 2.26. The Morgan fingerprint density at radius 2 is 2.07 bits per heavy atom. The molecule has 4 aromatic heterocycles. The number of aromatic amines is 1. The van der Waals surface area contributed by atoms with E-state index in [4.69, 9.17) is 5.26 Å². The van der Waals surface area contributed by atoms with Crippen molar-refractivity contribution in [2.45, 2.75) is 19.4 Å². The number of carbonyl (C=O) groups excluding carboxylic acids is 1. The molecule has 0 aliphatic carbocycles. The average molecular weight is 389 g/mol. The van der Waals surface area contributed by atoms with Crippen molar-refractivity contribution < 1.29 is 4.79 Å². The number of hydrogen-bond donors (Lipinski definition) is 2. The fraction of sp³-hybridized carbons (Fsp3) is 0.158. The van der Waals surface area contributed by atoms with E-state index in [0.29, 0.717) is 5.69 Å².